The minimum absolute atomic E-state index is 0.101. The zero-order valence-electron chi connectivity index (χ0n) is 21.7. The largest absolute Gasteiger partial charge is 0.508 e. The summed E-state index contributed by atoms with van der Waals surface area (Å²) in [6.45, 7) is 4.25. The van der Waals surface area contributed by atoms with E-state index in [4.69, 9.17) is 21.9 Å². The van der Waals surface area contributed by atoms with Gasteiger partial charge in [-0.15, -0.1) is 0 Å². The fraction of sp³-hybridized carbons (Fsp3) is 0.290. The van der Waals surface area contributed by atoms with E-state index in [1.165, 1.54) is 18.4 Å². The molecule has 1 saturated heterocycles. The average molecular weight is 525 g/mol. The van der Waals surface area contributed by atoms with Gasteiger partial charge in [-0.05, 0) is 124 Å². The molecule has 7 heteroatoms. The van der Waals surface area contributed by atoms with Crippen molar-refractivity contribution in [2.24, 2.45) is 0 Å². The van der Waals surface area contributed by atoms with Gasteiger partial charge < -0.3 is 24.6 Å². The minimum Gasteiger partial charge on any atom is -0.508 e. The van der Waals surface area contributed by atoms with E-state index in [1.54, 1.807) is 12.1 Å². The van der Waals surface area contributed by atoms with Crippen LogP contribution in [0.4, 0.5) is 5.69 Å². The molecule has 38 heavy (non-hydrogen) atoms. The minimum atomic E-state index is -0.119. The topological polar surface area (TPSA) is 62.5 Å². The highest BCUT2D eigenvalue weighted by molar-refractivity contribution is 7.80. The molecule has 1 saturated carbocycles. The number of rotatable bonds is 6. The summed E-state index contributed by atoms with van der Waals surface area (Å²) >= 11 is 5.94. The fourth-order valence-electron chi connectivity index (χ4n) is 5.92. The molecule has 3 heterocycles. The maximum Gasteiger partial charge on any atom is 0.174 e. The van der Waals surface area contributed by atoms with Crippen LogP contribution < -0.4 is 15.0 Å². The zero-order chi connectivity index (χ0) is 26.2. The van der Waals surface area contributed by atoms with Crippen molar-refractivity contribution in [3.05, 3.63) is 102 Å². The second-order valence-corrected chi connectivity index (χ2v) is 10.6. The smallest absolute Gasteiger partial charge is 0.174 e. The summed E-state index contributed by atoms with van der Waals surface area (Å²) < 4.78 is 8.44. The predicted octanol–water partition coefficient (Wildman–Crippen LogP) is 6.69. The Bertz CT molecular complexity index is 1430. The number of nitrogens with zero attached hydrogens (tertiary/aromatic N) is 3. The summed E-state index contributed by atoms with van der Waals surface area (Å²) in [5.74, 6) is 1.16. The van der Waals surface area contributed by atoms with Crippen molar-refractivity contribution in [1.82, 2.24) is 14.9 Å². The van der Waals surface area contributed by atoms with Crippen LogP contribution in [0.15, 0.2) is 79.0 Å². The number of ether oxygens (including phenoxy) is 1. The first kappa shape index (κ1) is 24.5. The standard InChI is InChI=1S/C31H32N4O2S/c1-20-19-27(21(2)34(20)22-10-14-24(36)15-11-22)30-29(28-9-5-6-18-32-28)33-31(38)35(30)23-12-16-26(17-13-23)37-25-7-3-4-8-25/h5-6,9-19,25,29-30,36H,3-4,7-8H2,1-2H3,(H,33,38)/t29-,30-/m0/s1. The van der Waals surface area contributed by atoms with Gasteiger partial charge in [0.2, 0.25) is 0 Å². The highest BCUT2D eigenvalue weighted by Crippen LogP contribution is 2.44. The van der Waals surface area contributed by atoms with Crippen molar-refractivity contribution < 1.29 is 9.84 Å². The quantitative estimate of drug-likeness (QED) is 0.274. The molecule has 0 radical (unpaired) electrons. The highest BCUT2D eigenvalue weighted by Gasteiger charge is 2.42. The van der Waals surface area contributed by atoms with Crippen LogP contribution in [0.1, 0.15) is 60.4 Å². The molecule has 2 atom stereocenters. The molecule has 6 rings (SSSR count). The summed E-state index contributed by atoms with van der Waals surface area (Å²) in [4.78, 5) is 6.90. The molecule has 0 unspecified atom stereocenters. The third kappa shape index (κ3) is 4.52. The molecule has 2 N–H and O–H groups in total. The maximum absolute atomic E-state index is 9.82. The van der Waals surface area contributed by atoms with Crippen LogP contribution in [-0.2, 0) is 0 Å². The molecule has 2 aliphatic rings. The predicted molar refractivity (Wildman–Crippen MR) is 154 cm³/mol. The molecule has 1 aliphatic heterocycles. The van der Waals surface area contributed by atoms with Gasteiger partial charge in [0.15, 0.2) is 5.11 Å². The number of hydrogen-bond acceptors (Lipinski definition) is 4. The second-order valence-electron chi connectivity index (χ2n) is 10.2. The van der Waals surface area contributed by atoms with E-state index in [-0.39, 0.29) is 17.8 Å². The number of aromatic nitrogens is 2. The Balaban J connectivity index is 1.41. The Morgan fingerprint density at radius 1 is 0.947 bits per heavy atom. The number of thiocarbonyl (C=S) groups is 1. The van der Waals surface area contributed by atoms with Crippen molar-refractivity contribution in [2.75, 3.05) is 4.90 Å². The molecule has 2 fully saturated rings. The molecule has 0 bridgehead atoms. The third-order valence-electron chi connectivity index (χ3n) is 7.71. The van der Waals surface area contributed by atoms with E-state index < -0.39 is 0 Å². The van der Waals surface area contributed by atoms with Crippen molar-refractivity contribution in [3.63, 3.8) is 0 Å². The number of pyridine rings is 1. The van der Waals surface area contributed by atoms with Crippen molar-refractivity contribution in [1.29, 1.82) is 0 Å². The van der Waals surface area contributed by atoms with Gasteiger partial charge in [-0.3, -0.25) is 4.98 Å². The molecular weight excluding hydrogens is 492 g/mol. The van der Waals surface area contributed by atoms with E-state index in [1.807, 2.05) is 30.5 Å². The lowest BCUT2D eigenvalue weighted by Crippen LogP contribution is -2.29. The number of aryl methyl sites for hydroxylation is 1. The van der Waals surface area contributed by atoms with Crippen LogP contribution in [0, 0.1) is 13.8 Å². The van der Waals surface area contributed by atoms with Gasteiger partial charge in [-0.1, -0.05) is 6.07 Å². The number of nitrogens with one attached hydrogen (secondary N) is 1. The van der Waals surface area contributed by atoms with Crippen LogP contribution in [-0.4, -0.2) is 25.9 Å². The lowest BCUT2D eigenvalue weighted by molar-refractivity contribution is 0.210. The van der Waals surface area contributed by atoms with Crippen molar-refractivity contribution in [3.8, 4) is 17.2 Å². The number of aromatic hydroxyl groups is 1. The molecular formula is C31H32N4O2S. The van der Waals surface area contributed by atoms with Gasteiger partial charge in [-0.2, -0.15) is 0 Å². The van der Waals surface area contributed by atoms with E-state index >= 15 is 0 Å². The maximum atomic E-state index is 9.82. The van der Waals surface area contributed by atoms with Crippen molar-refractivity contribution >= 4 is 23.0 Å². The van der Waals surface area contributed by atoms with E-state index in [2.05, 4.69) is 65.0 Å². The summed E-state index contributed by atoms with van der Waals surface area (Å²) in [7, 11) is 0. The first-order chi connectivity index (χ1) is 18.5. The van der Waals surface area contributed by atoms with E-state index in [0.29, 0.717) is 11.2 Å². The zero-order valence-corrected chi connectivity index (χ0v) is 22.5. The lowest BCUT2D eigenvalue weighted by Gasteiger charge is -2.28. The van der Waals surface area contributed by atoms with Gasteiger partial charge in [0.25, 0.3) is 0 Å². The Hall–Kier alpha value is -3.84. The first-order valence-corrected chi connectivity index (χ1v) is 13.7. The molecule has 4 aromatic rings. The highest BCUT2D eigenvalue weighted by atomic mass is 32.1. The number of phenolic OH excluding ortho intramolecular Hbond substituents is 1. The lowest BCUT2D eigenvalue weighted by atomic mass is 9.96. The van der Waals surface area contributed by atoms with Crippen LogP contribution in [0.5, 0.6) is 11.5 Å². The summed E-state index contributed by atoms with van der Waals surface area (Å²) in [5, 5.41) is 14.1. The summed E-state index contributed by atoms with van der Waals surface area (Å²) in [6.07, 6.45) is 6.90. The van der Waals surface area contributed by atoms with Crippen LogP contribution in [0.3, 0.4) is 0 Å². The normalized spacial score (nSPS) is 19.6. The Morgan fingerprint density at radius 3 is 2.34 bits per heavy atom. The molecule has 2 aromatic heterocycles. The Kier molecular flexibility index (Phi) is 6.54. The summed E-state index contributed by atoms with van der Waals surface area (Å²) in [5.41, 5.74) is 6.37. The molecule has 0 amide bonds. The van der Waals surface area contributed by atoms with Gasteiger partial charge >= 0.3 is 0 Å². The van der Waals surface area contributed by atoms with E-state index in [0.717, 1.165) is 47.0 Å². The number of hydrogen-bond donors (Lipinski definition) is 2. The van der Waals surface area contributed by atoms with Crippen LogP contribution >= 0.6 is 12.2 Å². The van der Waals surface area contributed by atoms with Crippen molar-refractivity contribution in [2.45, 2.75) is 57.7 Å². The molecule has 0 spiro atoms. The molecule has 194 valence electrons. The Labute approximate surface area is 228 Å². The fourth-order valence-corrected chi connectivity index (χ4v) is 6.26. The molecule has 1 aliphatic carbocycles. The van der Waals surface area contributed by atoms with Gasteiger partial charge in [-0.25, -0.2) is 0 Å². The van der Waals surface area contributed by atoms with Gasteiger partial charge in [0.1, 0.15) is 11.5 Å². The first-order valence-electron chi connectivity index (χ1n) is 13.3. The van der Waals surface area contributed by atoms with Gasteiger partial charge in [0.05, 0.1) is 23.9 Å². The number of phenols is 1. The SMILES string of the molecule is Cc1cc([C@H]2[C@H](c3ccccn3)NC(=S)N2c2ccc(OC3CCCC3)cc2)c(C)n1-c1ccc(O)cc1. The van der Waals surface area contributed by atoms with Gasteiger partial charge in [0, 0.05) is 29.0 Å². The third-order valence-corrected chi connectivity index (χ3v) is 8.03. The number of anilines is 1. The van der Waals surface area contributed by atoms with E-state index in [9.17, 15) is 5.11 Å². The molecule has 2 aromatic carbocycles. The monoisotopic (exact) mass is 524 g/mol. The Morgan fingerprint density at radius 2 is 1.66 bits per heavy atom. The second kappa shape index (κ2) is 10.1. The van der Waals surface area contributed by atoms with Crippen LogP contribution in [0.2, 0.25) is 0 Å². The molecule has 6 nitrogen and oxygen atoms in total. The average Bonchev–Trinajstić information content (AvgIpc) is 3.64. The number of benzene rings is 2. The summed E-state index contributed by atoms with van der Waals surface area (Å²) in [6, 6.07) is 23.7. The van der Waals surface area contributed by atoms with Crippen LogP contribution in [0.25, 0.3) is 5.69 Å².